The highest BCUT2D eigenvalue weighted by molar-refractivity contribution is 5.91. The predicted octanol–water partition coefficient (Wildman–Crippen LogP) is 4.20. The summed E-state index contributed by atoms with van der Waals surface area (Å²) in [6.45, 7) is 8.25. The van der Waals surface area contributed by atoms with Crippen LogP contribution in [0.5, 0.6) is 5.75 Å². The fraction of sp³-hybridized carbons (Fsp3) is 0.267. The van der Waals surface area contributed by atoms with E-state index in [0.717, 1.165) is 23.1 Å². The van der Waals surface area contributed by atoms with Gasteiger partial charge in [-0.25, -0.2) is 0 Å². The molecule has 0 amide bonds. The molecule has 0 aliphatic heterocycles. The molecular weight excluding hydrogens is 196 g/mol. The van der Waals surface area contributed by atoms with E-state index in [1.165, 1.54) is 5.39 Å². The number of ether oxygens (including phenoxy) is 1. The molecule has 0 bridgehead atoms. The average molecular weight is 213 g/mol. The smallest absolute Gasteiger partial charge is 0.127 e. The van der Waals surface area contributed by atoms with Crippen LogP contribution in [-0.2, 0) is 0 Å². The second kappa shape index (κ2) is 4.56. The Morgan fingerprint density at radius 1 is 1.12 bits per heavy atom. The van der Waals surface area contributed by atoms with Gasteiger partial charge in [-0.15, -0.1) is 0 Å². The number of benzene rings is 2. The van der Waals surface area contributed by atoms with E-state index in [1.54, 1.807) is 0 Å². The van der Waals surface area contributed by atoms with E-state index in [0.29, 0.717) is 0 Å². The van der Waals surface area contributed by atoms with Gasteiger partial charge >= 0.3 is 0 Å². The van der Waals surface area contributed by atoms with Crippen molar-refractivity contribution in [1.82, 2.24) is 0 Å². The first kappa shape index (κ1) is 11.0. The Kier molecular flexibility index (Phi) is 3.14. The summed E-state index contributed by atoms with van der Waals surface area (Å²) >= 11 is 0. The van der Waals surface area contributed by atoms with Crippen LogP contribution in [0.4, 0.5) is 0 Å². The van der Waals surface area contributed by atoms with Crippen LogP contribution >= 0.6 is 0 Å². The summed E-state index contributed by atoms with van der Waals surface area (Å²) in [5, 5.41) is 2.32. The molecule has 0 aromatic heterocycles. The zero-order valence-corrected chi connectivity index (χ0v) is 9.86. The predicted molar refractivity (Wildman–Crippen MR) is 68.8 cm³/mol. The van der Waals surface area contributed by atoms with Crippen molar-refractivity contribution in [1.29, 1.82) is 0 Å². The molecule has 1 nitrogen and oxygen atoms in total. The van der Waals surface area contributed by atoms with Gasteiger partial charge in [0.1, 0.15) is 5.75 Å². The lowest BCUT2D eigenvalue weighted by Crippen LogP contribution is -2.09. The van der Waals surface area contributed by atoms with E-state index in [4.69, 9.17) is 4.74 Å². The van der Waals surface area contributed by atoms with E-state index < -0.39 is 0 Å². The Labute approximate surface area is 97.1 Å². The molecule has 1 unspecified atom stereocenters. The van der Waals surface area contributed by atoms with Gasteiger partial charge in [0.25, 0.3) is 0 Å². The van der Waals surface area contributed by atoms with Crippen LogP contribution in [0.25, 0.3) is 10.8 Å². The van der Waals surface area contributed by atoms with Crippen molar-refractivity contribution in [3.05, 3.63) is 48.9 Å². The van der Waals surface area contributed by atoms with Gasteiger partial charge in [-0.05, 0) is 37.3 Å². The molecule has 16 heavy (non-hydrogen) atoms. The largest absolute Gasteiger partial charge is 0.490 e. The summed E-state index contributed by atoms with van der Waals surface area (Å²) in [5.41, 5.74) is 1.05. The molecule has 2 aromatic carbocycles. The van der Waals surface area contributed by atoms with Gasteiger partial charge in [0, 0.05) is 5.39 Å². The molecule has 1 radical (unpaired) electrons. The van der Waals surface area contributed by atoms with Crippen molar-refractivity contribution < 1.29 is 4.74 Å². The van der Waals surface area contributed by atoms with Crippen LogP contribution < -0.4 is 4.74 Å². The van der Waals surface area contributed by atoms with Crippen molar-refractivity contribution in [3.63, 3.8) is 0 Å². The molecule has 2 rings (SSSR count). The Morgan fingerprint density at radius 3 is 2.50 bits per heavy atom. The molecule has 0 spiro atoms. The standard InChI is InChI=1S/C15H17O/c1-4-12(3)16-15-10-9-11(2)13-7-5-6-8-14(13)15/h5-10,12H,2,4H2,1,3H3. The van der Waals surface area contributed by atoms with Gasteiger partial charge < -0.3 is 4.74 Å². The lowest BCUT2D eigenvalue weighted by Gasteiger charge is -2.15. The molecule has 0 heterocycles. The highest BCUT2D eigenvalue weighted by Gasteiger charge is 2.06. The van der Waals surface area contributed by atoms with Gasteiger partial charge in [-0.1, -0.05) is 37.3 Å². The first-order chi connectivity index (χ1) is 7.72. The summed E-state index contributed by atoms with van der Waals surface area (Å²) in [7, 11) is 0. The van der Waals surface area contributed by atoms with E-state index in [1.807, 2.05) is 24.3 Å². The van der Waals surface area contributed by atoms with Gasteiger partial charge in [0.2, 0.25) is 0 Å². The maximum Gasteiger partial charge on any atom is 0.127 e. The molecule has 0 fully saturated rings. The van der Waals surface area contributed by atoms with E-state index in [2.05, 4.69) is 32.9 Å². The quantitative estimate of drug-likeness (QED) is 0.742. The second-order valence-electron chi connectivity index (χ2n) is 4.11. The Bertz CT molecular complexity index is 488. The van der Waals surface area contributed by atoms with Crippen molar-refractivity contribution in [2.24, 2.45) is 0 Å². The number of fused-ring (bicyclic) bond motifs is 1. The van der Waals surface area contributed by atoms with E-state index in [-0.39, 0.29) is 6.10 Å². The summed E-state index contributed by atoms with van der Waals surface area (Å²) in [6.07, 6.45) is 1.26. The topological polar surface area (TPSA) is 9.23 Å². The van der Waals surface area contributed by atoms with Crippen LogP contribution in [0.15, 0.2) is 36.4 Å². The number of hydrogen-bond donors (Lipinski definition) is 0. The fourth-order valence-electron chi connectivity index (χ4n) is 1.74. The lowest BCUT2D eigenvalue weighted by molar-refractivity contribution is 0.220. The highest BCUT2D eigenvalue weighted by atomic mass is 16.5. The molecule has 0 N–H and O–H groups in total. The molecule has 1 heteroatoms. The van der Waals surface area contributed by atoms with Crippen molar-refractivity contribution in [2.45, 2.75) is 26.4 Å². The Balaban J connectivity index is 2.50. The zero-order valence-electron chi connectivity index (χ0n) is 9.86. The average Bonchev–Trinajstić information content (AvgIpc) is 2.33. The van der Waals surface area contributed by atoms with Gasteiger partial charge in [0.05, 0.1) is 6.10 Å². The Hall–Kier alpha value is -1.50. The van der Waals surface area contributed by atoms with Gasteiger partial charge in [-0.2, -0.15) is 0 Å². The van der Waals surface area contributed by atoms with E-state index >= 15 is 0 Å². The first-order valence-corrected chi connectivity index (χ1v) is 5.72. The summed E-state index contributed by atoms with van der Waals surface area (Å²) in [6, 6.07) is 12.3. The highest BCUT2D eigenvalue weighted by Crippen LogP contribution is 2.28. The third kappa shape index (κ3) is 2.04. The molecule has 0 aliphatic rings. The Morgan fingerprint density at radius 2 is 1.81 bits per heavy atom. The molecule has 1 atom stereocenters. The summed E-state index contributed by atoms with van der Waals surface area (Å²) in [4.78, 5) is 0. The van der Waals surface area contributed by atoms with Crippen molar-refractivity contribution in [3.8, 4) is 5.75 Å². The normalized spacial score (nSPS) is 12.7. The number of rotatable bonds is 3. The molecule has 0 saturated heterocycles. The lowest BCUT2D eigenvalue weighted by atomic mass is 10.0. The van der Waals surface area contributed by atoms with Crippen molar-refractivity contribution >= 4 is 10.8 Å². The number of hydrogen-bond acceptors (Lipinski definition) is 1. The fourth-order valence-corrected chi connectivity index (χ4v) is 1.74. The van der Waals surface area contributed by atoms with Crippen LogP contribution in [0.3, 0.4) is 0 Å². The van der Waals surface area contributed by atoms with Crippen LogP contribution in [0.1, 0.15) is 25.8 Å². The third-order valence-electron chi connectivity index (χ3n) is 2.88. The van der Waals surface area contributed by atoms with Crippen molar-refractivity contribution in [2.75, 3.05) is 0 Å². The molecule has 0 aliphatic carbocycles. The van der Waals surface area contributed by atoms with Gasteiger partial charge in [-0.3, -0.25) is 0 Å². The molecule has 2 aromatic rings. The minimum absolute atomic E-state index is 0.249. The minimum atomic E-state index is 0.249. The molecule has 0 saturated carbocycles. The summed E-state index contributed by atoms with van der Waals surface area (Å²) in [5.74, 6) is 0.956. The third-order valence-corrected chi connectivity index (χ3v) is 2.88. The van der Waals surface area contributed by atoms with Crippen LogP contribution in [0, 0.1) is 6.92 Å². The van der Waals surface area contributed by atoms with E-state index in [9.17, 15) is 0 Å². The maximum absolute atomic E-state index is 5.90. The summed E-state index contributed by atoms with van der Waals surface area (Å²) < 4.78 is 5.90. The maximum atomic E-state index is 5.90. The monoisotopic (exact) mass is 213 g/mol. The minimum Gasteiger partial charge on any atom is -0.490 e. The first-order valence-electron chi connectivity index (χ1n) is 5.72. The molecular formula is C15H17O. The second-order valence-corrected chi connectivity index (χ2v) is 4.11. The van der Waals surface area contributed by atoms with Crippen LogP contribution in [-0.4, -0.2) is 6.10 Å². The zero-order chi connectivity index (χ0) is 11.5. The van der Waals surface area contributed by atoms with Crippen LogP contribution in [0.2, 0.25) is 0 Å². The van der Waals surface area contributed by atoms with Gasteiger partial charge in [0.15, 0.2) is 0 Å². The molecule has 83 valence electrons. The SMILES string of the molecule is [CH2]c1ccc(OC(C)CC)c2ccccc12.